The van der Waals surface area contributed by atoms with Crippen LogP contribution >= 0.6 is 12.4 Å². The van der Waals surface area contributed by atoms with Crippen molar-refractivity contribution >= 4 is 24.4 Å². The molecule has 0 saturated heterocycles. The zero-order chi connectivity index (χ0) is 13.0. The molecule has 1 aromatic rings. The van der Waals surface area contributed by atoms with Crippen LogP contribution in [0.1, 0.15) is 12.5 Å². The maximum absolute atomic E-state index is 11.2. The van der Waals surface area contributed by atoms with E-state index >= 15 is 0 Å². The molecule has 100 valence electrons. The molecule has 1 heterocycles. The van der Waals surface area contributed by atoms with Crippen LogP contribution in [-0.2, 0) is 4.79 Å². The molecule has 2 N–H and O–H groups in total. The second-order valence-electron chi connectivity index (χ2n) is 4.11. The average Bonchev–Trinajstić information content (AvgIpc) is 2.69. The lowest BCUT2D eigenvalue weighted by Crippen LogP contribution is -2.25. The molecule has 1 aliphatic heterocycles. The molecule has 0 spiro atoms. The molecule has 0 radical (unpaired) electrons. The van der Waals surface area contributed by atoms with Gasteiger partial charge in [-0.2, -0.15) is 0 Å². The predicted molar refractivity (Wildman–Crippen MR) is 75.4 cm³/mol. The van der Waals surface area contributed by atoms with E-state index in [-0.39, 0.29) is 24.4 Å². The second kappa shape index (κ2) is 7.05. The third-order valence-electron chi connectivity index (χ3n) is 2.46. The predicted octanol–water partition coefficient (Wildman–Crippen LogP) is -0.629. The van der Waals surface area contributed by atoms with E-state index in [2.05, 4.69) is 22.2 Å². The van der Waals surface area contributed by atoms with Gasteiger partial charge < -0.3 is 10.4 Å². The van der Waals surface area contributed by atoms with Gasteiger partial charge >= 0.3 is 0 Å². The average molecular weight is 279 g/mol. The first-order valence-corrected chi connectivity index (χ1v) is 5.78. The molecule has 19 heavy (non-hydrogen) atoms. The third-order valence-corrected chi connectivity index (χ3v) is 2.46. The molecule has 1 aliphatic rings. The number of hydrogen-bond acceptors (Lipinski definition) is 3. The Bertz CT molecular complexity index is 642. The van der Waals surface area contributed by atoms with Gasteiger partial charge in [-0.15, -0.1) is 12.4 Å². The molecule has 1 aromatic carbocycles. The van der Waals surface area contributed by atoms with Crippen molar-refractivity contribution in [2.45, 2.75) is 13.0 Å². The smallest absolute Gasteiger partial charge is 0.270 e. The minimum Gasteiger partial charge on any atom is -0.392 e. The number of aliphatic hydroxyl groups is 1. The highest BCUT2D eigenvalue weighted by atomic mass is 35.5. The van der Waals surface area contributed by atoms with Crippen LogP contribution in [0.3, 0.4) is 0 Å². The SMILES string of the molecule is CC(O)CNCC#Cc1cccc2c1=CC(=O)N=2.Cl. The summed E-state index contributed by atoms with van der Waals surface area (Å²) in [4.78, 5) is 15.1. The van der Waals surface area contributed by atoms with Crippen molar-refractivity contribution < 1.29 is 9.90 Å². The number of benzene rings is 1. The van der Waals surface area contributed by atoms with Crippen LogP contribution in [0.2, 0.25) is 0 Å². The van der Waals surface area contributed by atoms with Crippen molar-refractivity contribution in [2.24, 2.45) is 4.99 Å². The molecule has 0 saturated carbocycles. The summed E-state index contributed by atoms with van der Waals surface area (Å²) in [5, 5.41) is 13.5. The van der Waals surface area contributed by atoms with Gasteiger partial charge in [-0.1, -0.05) is 17.9 Å². The fourth-order valence-electron chi connectivity index (χ4n) is 1.67. The Hall–Kier alpha value is -1.67. The standard InChI is InChI=1S/C14H14N2O2.ClH/c1-10(17)9-15-7-3-5-11-4-2-6-13-12(11)8-14(18)16-13;/h2,4,6,8,10,15,17H,7,9H2,1H3;1H. The zero-order valence-electron chi connectivity index (χ0n) is 10.5. The van der Waals surface area contributed by atoms with E-state index in [1.165, 1.54) is 6.08 Å². The summed E-state index contributed by atoms with van der Waals surface area (Å²) in [6.07, 6.45) is 1.13. The van der Waals surface area contributed by atoms with Gasteiger partial charge in [0.05, 0.1) is 18.0 Å². The summed E-state index contributed by atoms with van der Waals surface area (Å²) in [7, 11) is 0. The Labute approximate surface area is 117 Å². The minimum atomic E-state index is -0.377. The van der Waals surface area contributed by atoms with Crippen LogP contribution < -0.4 is 15.9 Å². The molecule has 0 fully saturated rings. The number of fused-ring (bicyclic) bond motifs is 1. The number of rotatable bonds is 3. The number of halogens is 1. The first-order chi connectivity index (χ1) is 8.66. The molecule has 5 heteroatoms. The summed E-state index contributed by atoms with van der Waals surface area (Å²) in [5.74, 6) is 5.73. The maximum atomic E-state index is 11.2. The van der Waals surface area contributed by atoms with Gasteiger partial charge in [0.15, 0.2) is 0 Å². The number of nitrogens with one attached hydrogen (secondary N) is 1. The normalized spacial score (nSPS) is 13.3. The van der Waals surface area contributed by atoms with Gasteiger partial charge in [0.2, 0.25) is 0 Å². The molecule has 1 amide bonds. The Kier molecular flexibility index (Phi) is 5.71. The first-order valence-electron chi connectivity index (χ1n) is 5.78. The van der Waals surface area contributed by atoms with Crippen molar-refractivity contribution in [3.63, 3.8) is 0 Å². The van der Waals surface area contributed by atoms with E-state index in [4.69, 9.17) is 5.11 Å². The Morgan fingerprint density at radius 3 is 3.00 bits per heavy atom. The molecular weight excluding hydrogens is 264 g/mol. The van der Waals surface area contributed by atoms with Crippen molar-refractivity contribution in [1.29, 1.82) is 0 Å². The minimum absolute atomic E-state index is 0. The van der Waals surface area contributed by atoms with Crippen molar-refractivity contribution in [1.82, 2.24) is 5.32 Å². The van der Waals surface area contributed by atoms with E-state index in [0.717, 1.165) is 10.8 Å². The van der Waals surface area contributed by atoms with Gasteiger partial charge in [0, 0.05) is 23.4 Å². The Morgan fingerprint density at radius 1 is 1.47 bits per heavy atom. The lowest BCUT2D eigenvalue weighted by atomic mass is 10.1. The Balaban J connectivity index is 0.00000180. The molecule has 4 nitrogen and oxygen atoms in total. The van der Waals surface area contributed by atoms with Gasteiger partial charge in [-0.25, -0.2) is 4.99 Å². The van der Waals surface area contributed by atoms with Gasteiger partial charge in [0.1, 0.15) is 0 Å². The van der Waals surface area contributed by atoms with Crippen molar-refractivity contribution in [3.05, 3.63) is 34.3 Å². The first kappa shape index (κ1) is 15.4. The molecule has 0 aromatic heterocycles. The summed E-state index contributed by atoms with van der Waals surface area (Å²) >= 11 is 0. The van der Waals surface area contributed by atoms with E-state index in [1.807, 2.05) is 12.1 Å². The fourth-order valence-corrected chi connectivity index (χ4v) is 1.67. The highest BCUT2D eigenvalue weighted by Crippen LogP contribution is 1.90. The molecule has 1 unspecified atom stereocenters. The van der Waals surface area contributed by atoms with Crippen LogP contribution in [-0.4, -0.2) is 30.2 Å². The van der Waals surface area contributed by atoms with Crippen molar-refractivity contribution in [3.8, 4) is 11.8 Å². The molecule has 2 rings (SSSR count). The van der Waals surface area contributed by atoms with Crippen molar-refractivity contribution in [2.75, 3.05) is 13.1 Å². The van der Waals surface area contributed by atoms with E-state index in [1.54, 1.807) is 13.0 Å². The highest BCUT2D eigenvalue weighted by Gasteiger charge is 2.04. The van der Waals surface area contributed by atoms with Crippen LogP contribution in [0.4, 0.5) is 0 Å². The quantitative estimate of drug-likeness (QED) is 0.572. The number of carbonyl (C=O) groups excluding carboxylic acids is 1. The number of carbonyl (C=O) groups is 1. The Morgan fingerprint density at radius 2 is 2.26 bits per heavy atom. The van der Waals surface area contributed by atoms with Crippen LogP contribution in [0.25, 0.3) is 6.08 Å². The summed E-state index contributed by atoms with van der Waals surface area (Å²) in [6, 6.07) is 5.50. The number of amides is 1. The second-order valence-corrected chi connectivity index (χ2v) is 4.11. The van der Waals surface area contributed by atoms with Gasteiger partial charge in [0.25, 0.3) is 5.91 Å². The van der Waals surface area contributed by atoms with Gasteiger partial charge in [-0.3, -0.25) is 4.79 Å². The van der Waals surface area contributed by atoms with Gasteiger partial charge in [-0.05, 0) is 19.1 Å². The van der Waals surface area contributed by atoms with Crippen LogP contribution in [0.5, 0.6) is 0 Å². The van der Waals surface area contributed by atoms with E-state index < -0.39 is 0 Å². The molecule has 0 aliphatic carbocycles. The zero-order valence-corrected chi connectivity index (χ0v) is 11.3. The lowest BCUT2D eigenvalue weighted by Gasteiger charge is -2.01. The maximum Gasteiger partial charge on any atom is 0.270 e. The summed E-state index contributed by atoms with van der Waals surface area (Å²) < 4.78 is 0. The van der Waals surface area contributed by atoms with Crippen LogP contribution in [0, 0.1) is 11.8 Å². The largest absolute Gasteiger partial charge is 0.392 e. The summed E-state index contributed by atoms with van der Waals surface area (Å²) in [5.41, 5.74) is 0.806. The lowest BCUT2D eigenvalue weighted by molar-refractivity contribution is -0.112. The monoisotopic (exact) mass is 278 g/mol. The number of aliphatic hydroxyl groups excluding tert-OH is 1. The van der Waals surface area contributed by atoms with Crippen LogP contribution in [0.15, 0.2) is 23.2 Å². The number of hydrogen-bond donors (Lipinski definition) is 2. The molecule has 0 bridgehead atoms. The molecule has 1 atom stereocenters. The topological polar surface area (TPSA) is 61.7 Å². The van der Waals surface area contributed by atoms with E-state index in [9.17, 15) is 4.79 Å². The summed E-state index contributed by atoms with van der Waals surface area (Å²) in [6.45, 7) is 2.73. The number of nitrogens with zero attached hydrogens (tertiary/aromatic N) is 1. The van der Waals surface area contributed by atoms with E-state index in [0.29, 0.717) is 18.4 Å². The fraction of sp³-hybridized carbons (Fsp3) is 0.286. The molecular formula is C14H15ClN2O2. The third kappa shape index (κ3) is 4.18. The highest BCUT2D eigenvalue weighted by molar-refractivity contribution is 6.06.